The lowest BCUT2D eigenvalue weighted by Crippen LogP contribution is -2.39. The third-order valence-electron chi connectivity index (χ3n) is 2.90. The van der Waals surface area contributed by atoms with Crippen molar-refractivity contribution in [2.24, 2.45) is 0 Å². The molecule has 0 bridgehead atoms. The molecule has 0 N–H and O–H groups in total. The lowest BCUT2D eigenvalue weighted by atomic mass is 10.2. The molecule has 0 aliphatic carbocycles. The van der Waals surface area contributed by atoms with Crippen LogP contribution in [0.2, 0.25) is 0 Å². The minimum Gasteiger partial charge on any atom is -0.383 e. The van der Waals surface area contributed by atoms with Gasteiger partial charge in [-0.3, -0.25) is 0 Å². The van der Waals surface area contributed by atoms with E-state index in [-0.39, 0.29) is 35.5 Å². The maximum absolute atomic E-state index is 14.4. The molecular formula is C13H18BrClFNO3S. The number of rotatable bonds is 7. The van der Waals surface area contributed by atoms with Crippen molar-refractivity contribution in [3.63, 3.8) is 0 Å². The number of halogens is 3. The Bertz CT molecular complexity index is 595. The fraction of sp³-hybridized carbons (Fsp3) is 0.538. The van der Waals surface area contributed by atoms with Crippen molar-refractivity contribution in [2.45, 2.75) is 30.7 Å². The van der Waals surface area contributed by atoms with Crippen molar-refractivity contribution in [1.29, 1.82) is 0 Å². The van der Waals surface area contributed by atoms with Crippen molar-refractivity contribution < 1.29 is 17.5 Å². The number of benzene rings is 1. The van der Waals surface area contributed by atoms with E-state index in [4.69, 9.17) is 16.3 Å². The third kappa shape index (κ3) is 4.39. The summed E-state index contributed by atoms with van der Waals surface area (Å²) in [5.74, 6) is -0.913. The summed E-state index contributed by atoms with van der Waals surface area (Å²) >= 11 is 8.85. The van der Waals surface area contributed by atoms with Crippen LogP contribution in [-0.2, 0) is 20.6 Å². The zero-order valence-electron chi connectivity index (χ0n) is 12.1. The summed E-state index contributed by atoms with van der Waals surface area (Å²) in [6.07, 6.45) is 0. The molecule has 1 aromatic carbocycles. The van der Waals surface area contributed by atoms with E-state index in [1.54, 1.807) is 13.8 Å². The molecule has 0 radical (unpaired) electrons. The normalized spacial score (nSPS) is 12.4. The van der Waals surface area contributed by atoms with Crippen molar-refractivity contribution in [3.8, 4) is 0 Å². The minimum absolute atomic E-state index is 0.104. The molecule has 1 rings (SSSR count). The summed E-state index contributed by atoms with van der Waals surface area (Å²) in [5, 5.41) is 0. The van der Waals surface area contributed by atoms with Crippen LogP contribution in [0.5, 0.6) is 0 Å². The van der Waals surface area contributed by atoms with Crippen molar-refractivity contribution in [1.82, 2.24) is 4.31 Å². The summed E-state index contributed by atoms with van der Waals surface area (Å²) in [5.41, 5.74) is 0.139. The highest BCUT2D eigenvalue weighted by molar-refractivity contribution is 9.10. The molecule has 0 saturated carbocycles. The van der Waals surface area contributed by atoms with Crippen molar-refractivity contribution in [3.05, 3.63) is 28.0 Å². The first kappa shape index (κ1) is 18.8. The molecule has 0 atom stereocenters. The van der Waals surface area contributed by atoms with Gasteiger partial charge < -0.3 is 4.74 Å². The summed E-state index contributed by atoms with van der Waals surface area (Å²) in [4.78, 5) is -0.377. The topological polar surface area (TPSA) is 46.6 Å². The molecule has 4 nitrogen and oxygen atoms in total. The van der Waals surface area contributed by atoms with E-state index in [1.807, 2.05) is 0 Å². The molecule has 0 aromatic heterocycles. The third-order valence-corrected chi connectivity index (χ3v) is 5.72. The number of sulfonamides is 1. The molecular weight excluding hydrogens is 385 g/mol. The highest BCUT2D eigenvalue weighted by Gasteiger charge is 2.30. The van der Waals surface area contributed by atoms with Crippen LogP contribution in [0.4, 0.5) is 4.39 Å². The van der Waals surface area contributed by atoms with Crippen LogP contribution in [0, 0.1) is 5.82 Å². The first-order chi connectivity index (χ1) is 9.75. The molecule has 21 heavy (non-hydrogen) atoms. The van der Waals surface area contributed by atoms with Crippen LogP contribution >= 0.6 is 27.5 Å². The summed E-state index contributed by atoms with van der Waals surface area (Å²) in [6, 6.07) is 2.40. The number of hydrogen-bond acceptors (Lipinski definition) is 3. The van der Waals surface area contributed by atoms with Crippen LogP contribution in [0.25, 0.3) is 0 Å². The second-order valence-electron chi connectivity index (χ2n) is 4.71. The molecule has 0 heterocycles. The zero-order chi connectivity index (χ0) is 16.2. The monoisotopic (exact) mass is 401 g/mol. The Morgan fingerprint density at radius 1 is 1.43 bits per heavy atom. The molecule has 0 spiro atoms. The predicted octanol–water partition coefficient (Wildman–Crippen LogP) is 3.37. The summed E-state index contributed by atoms with van der Waals surface area (Å²) in [7, 11) is -2.49. The van der Waals surface area contributed by atoms with Crippen LogP contribution in [0.15, 0.2) is 21.5 Å². The molecule has 0 aliphatic rings. The summed E-state index contributed by atoms with van der Waals surface area (Å²) < 4.78 is 46.3. The predicted molar refractivity (Wildman–Crippen MR) is 84.6 cm³/mol. The van der Waals surface area contributed by atoms with Crippen molar-refractivity contribution >= 4 is 37.6 Å². The standard InChI is InChI=1S/C13H18BrClFNO3S/c1-9(2)17(4-5-20-3)21(18,19)12-7-11(14)6-10(8-15)13(12)16/h6-7,9H,4-5,8H2,1-3H3. The van der Waals surface area contributed by atoms with Crippen LogP contribution in [0.1, 0.15) is 19.4 Å². The Hall–Kier alpha value is -0.210. The van der Waals surface area contributed by atoms with Gasteiger partial charge in [-0.15, -0.1) is 11.6 Å². The Labute approximate surface area is 138 Å². The molecule has 8 heteroatoms. The quantitative estimate of drug-likeness (QED) is 0.657. The molecule has 0 amide bonds. The van der Waals surface area contributed by atoms with E-state index < -0.39 is 15.8 Å². The minimum atomic E-state index is -3.97. The zero-order valence-corrected chi connectivity index (χ0v) is 15.2. The number of nitrogens with zero attached hydrogens (tertiary/aromatic N) is 1. The average Bonchev–Trinajstić information content (AvgIpc) is 2.40. The maximum atomic E-state index is 14.4. The lowest BCUT2D eigenvalue weighted by molar-refractivity contribution is 0.170. The molecule has 120 valence electrons. The smallest absolute Gasteiger partial charge is 0.246 e. The van der Waals surface area contributed by atoms with Gasteiger partial charge in [-0.1, -0.05) is 15.9 Å². The first-order valence-electron chi connectivity index (χ1n) is 6.30. The largest absolute Gasteiger partial charge is 0.383 e. The second-order valence-corrected chi connectivity index (χ2v) is 7.75. The Morgan fingerprint density at radius 2 is 2.05 bits per heavy atom. The van der Waals surface area contributed by atoms with E-state index in [9.17, 15) is 12.8 Å². The Morgan fingerprint density at radius 3 is 2.52 bits per heavy atom. The fourth-order valence-corrected chi connectivity index (χ4v) is 4.47. The van der Waals surface area contributed by atoms with E-state index in [0.29, 0.717) is 4.47 Å². The number of methoxy groups -OCH3 is 1. The Kier molecular flexibility index (Phi) is 7.06. The SMILES string of the molecule is COCCN(C(C)C)S(=O)(=O)c1cc(Br)cc(CCl)c1F. The van der Waals surface area contributed by atoms with Gasteiger partial charge >= 0.3 is 0 Å². The van der Waals surface area contributed by atoms with E-state index in [1.165, 1.54) is 23.5 Å². The van der Waals surface area contributed by atoms with Gasteiger partial charge in [0.15, 0.2) is 0 Å². The number of ether oxygens (including phenoxy) is 1. The van der Waals surface area contributed by atoms with Gasteiger partial charge in [0.05, 0.1) is 12.5 Å². The molecule has 0 saturated heterocycles. The van der Waals surface area contributed by atoms with Gasteiger partial charge in [-0.25, -0.2) is 12.8 Å². The highest BCUT2D eigenvalue weighted by Crippen LogP contribution is 2.28. The molecule has 0 aliphatic heterocycles. The van der Waals surface area contributed by atoms with Gasteiger partial charge in [0.25, 0.3) is 0 Å². The van der Waals surface area contributed by atoms with Crippen LogP contribution in [0.3, 0.4) is 0 Å². The Balaban J connectivity index is 3.37. The summed E-state index contributed by atoms with van der Waals surface area (Å²) in [6.45, 7) is 3.84. The lowest BCUT2D eigenvalue weighted by Gasteiger charge is -2.26. The molecule has 1 aromatic rings. The van der Waals surface area contributed by atoms with Crippen LogP contribution < -0.4 is 0 Å². The number of hydrogen-bond donors (Lipinski definition) is 0. The number of alkyl halides is 1. The average molecular weight is 403 g/mol. The van der Waals surface area contributed by atoms with Gasteiger partial charge in [0, 0.05) is 29.7 Å². The van der Waals surface area contributed by atoms with E-state index >= 15 is 0 Å². The second kappa shape index (κ2) is 7.87. The van der Waals surface area contributed by atoms with Gasteiger partial charge in [0.2, 0.25) is 10.0 Å². The van der Waals surface area contributed by atoms with E-state index in [2.05, 4.69) is 15.9 Å². The molecule has 0 fully saturated rings. The van der Waals surface area contributed by atoms with Crippen molar-refractivity contribution in [2.75, 3.05) is 20.3 Å². The van der Waals surface area contributed by atoms with Gasteiger partial charge in [-0.2, -0.15) is 4.31 Å². The maximum Gasteiger partial charge on any atom is 0.246 e. The van der Waals surface area contributed by atoms with Gasteiger partial charge in [-0.05, 0) is 26.0 Å². The highest BCUT2D eigenvalue weighted by atomic mass is 79.9. The molecule has 0 unspecified atom stereocenters. The van der Waals surface area contributed by atoms with Gasteiger partial charge in [0.1, 0.15) is 10.7 Å². The fourth-order valence-electron chi connectivity index (χ4n) is 1.87. The van der Waals surface area contributed by atoms with E-state index in [0.717, 1.165) is 0 Å². The first-order valence-corrected chi connectivity index (χ1v) is 9.07. The van der Waals surface area contributed by atoms with Crippen LogP contribution in [-0.4, -0.2) is 39.0 Å².